The summed E-state index contributed by atoms with van der Waals surface area (Å²) in [6.45, 7) is 1.93. The van der Waals surface area contributed by atoms with E-state index in [4.69, 9.17) is 4.74 Å². The second-order valence-corrected chi connectivity index (χ2v) is 4.05. The molecule has 0 aromatic heterocycles. The van der Waals surface area contributed by atoms with Gasteiger partial charge in [-0.3, -0.25) is 14.9 Å². The maximum Gasteiger partial charge on any atom is 0.313 e. The molecule has 0 saturated carbocycles. The largest absolute Gasteiger partial charge is 0.490 e. The number of aryl methyl sites for hydroxylation is 1. The molecule has 1 amide bonds. The van der Waals surface area contributed by atoms with Crippen molar-refractivity contribution >= 4 is 17.3 Å². The molecule has 0 aliphatic heterocycles. The first-order valence-corrected chi connectivity index (χ1v) is 5.66. The van der Waals surface area contributed by atoms with E-state index in [0.29, 0.717) is 5.69 Å². The van der Waals surface area contributed by atoms with Gasteiger partial charge < -0.3 is 15.0 Å². The molecule has 1 aromatic carbocycles. The Morgan fingerprint density at radius 3 is 2.63 bits per heavy atom. The van der Waals surface area contributed by atoms with Crippen molar-refractivity contribution in [2.75, 3.05) is 32.6 Å². The number of methoxy groups -OCH3 is 1. The highest BCUT2D eigenvalue weighted by Crippen LogP contribution is 2.34. The minimum absolute atomic E-state index is 0.160. The van der Waals surface area contributed by atoms with Gasteiger partial charge in [-0.15, -0.1) is 0 Å². The molecule has 0 aliphatic rings. The van der Waals surface area contributed by atoms with Crippen LogP contribution in [0.3, 0.4) is 0 Å². The third kappa shape index (κ3) is 3.19. The molecule has 0 bridgehead atoms. The van der Waals surface area contributed by atoms with Crippen molar-refractivity contribution in [2.45, 2.75) is 6.92 Å². The molecule has 0 fully saturated rings. The fourth-order valence-electron chi connectivity index (χ4n) is 1.73. The molecule has 0 atom stereocenters. The number of amides is 1. The van der Waals surface area contributed by atoms with Gasteiger partial charge in [-0.1, -0.05) is 0 Å². The van der Waals surface area contributed by atoms with Gasteiger partial charge in [0.1, 0.15) is 0 Å². The summed E-state index contributed by atoms with van der Waals surface area (Å²) in [7, 11) is 4.62. The van der Waals surface area contributed by atoms with Gasteiger partial charge in [-0.25, -0.2) is 0 Å². The third-order valence-electron chi connectivity index (χ3n) is 2.76. The Balaban J connectivity index is 3.25. The quantitative estimate of drug-likeness (QED) is 0.637. The summed E-state index contributed by atoms with van der Waals surface area (Å²) in [5.74, 6) is 0.00535. The minimum atomic E-state index is -0.530. The van der Waals surface area contributed by atoms with Crippen LogP contribution in [-0.2, 0) is 4.79 Å². The predicted molar refractivity (Wildman–Crippen MR) is 71.7 cm³/mol. The Bertz CT molecular complexity index is 502. The lowest BCUT2D eigenvalue weighted by Crippen LogP contribution is -2.34. The van der Waals surface area contributed by atoms with Crippen LogP contribution < -0.4 is 15.0 Å². The van der Waals surface area contributed by atoms with Crippen LogP contribution in [0.5, 0.6) is 5.75 Å². The van der Waals surface area contributed by atoms with Crippen molar-refractivity contribution in [3.63, 3.8) is 0 Å². The van der Waals surface area contributed by atoms with Crippen LogP contribution in [0, 0.1) is 17.0 Å². The molecular weight excluding hydrogens is 250 g/mol. The van der Waals surface area contributed by atoms with E-state index >= 15 is 0 Å². The summed E-state index contributed by atoms with van der Waals surface area (Å²) in [5, 5.41) is 13.7. The smallest absolute Gasteiger partial charge is 0.313 e. The van der Waals surface area contributed by atoms with Gasteiger partial charge >= 0.3 is 5.69 Å². The van der Waals surface area contributed by atoms with E-state index < -0.39 is 4.92 Å². The lowest BCUT2D eigenvalue weighted by molar-refractivity contribution is -0.385. The summed E-state index contributed by atoms with van der Waals surface area (Å²) < 4.78 is 4.97. The summed E-state index contributed by atoms with van der Waals surface area (Å²) in [6, 6.07) is 2.90. The van der Waals surface area contributed by atoms with Crippen LogP contribution in [0.2, 0.25) is 0 Å². The molecule has 104 valence electrons. The summed E-state index contributed by atoms with van der Waals surface area (Å²) in [5.41, 5.74) is 1.06. The zero-order valence-corrected chi connectivity index (χ0v) is 11.4. The number of carbonyl (C=O) groups is 1. The van der Waals surface area contributed by atoms with Crippen molar-refractivity contribution < 1.29 is 14.5 Å². The molecule has 19 heavy (non-hydrogen) atoms. The highest BCUT2D eigenvalue weighted by Gasteiger charge is 2.21. The zero-order chi connectivity index (χ0) is 14.6. The molecule has 7 nitrogen and oxygen atoms in total. The summed E-state index contributed by atoms with van der Waals surface area (Å²) in [4.78, 5) is 23.6. The maximum atomic E-state index is 11.8. The Morgan fingerprint density at radius 2 is 2.16 bits per heavy atom. The zero-order valence-electron chi connectivity index (χ0n) is 11.4. The molecule has 0 aliphatic carbocycles. The number of nitrogens with one attached hydrogen (secondary N) is 1. The first kappa shape index (κ1) is 14.9. The van der Waals surface area contributed by atoms with Crippen LogP contribution in [0.4, 0.5) is 11.4 Å². The van der Waals surface area contributed by atoms with Crippen molar-refractivity contribution in [3.8, 4) is 5.75 Å². The van der Waals surface area contributed by atoms with Gasteiger partial charge in [0.25, 0.3) is 0 Å². The van der Waals surface area contributed by atoms with Gasteiger partial charge in [-0.2, -0.15) is 0 Å². The van der Waals surface area contributed by atoms with Crippen LogP contribution in [0.15, 0.2) is 12.1 Å². The van der Waals surface area contributed by atoms with E-state index in [1.54, 1.807) is 27.1 Å². The van der Waals surface area contributed by atoms with Gasteiger partial charge in [0, 0.05) is 13.1 Å². The number of likely N-dealkylation sites (N-methyl/N-ethyl adjacent to an activating group) is 2. The van der Waals surface area contributed by atoms with Crippen LogP contribution >= 0.6 is 0 Å². The SMILES string of the molecule is CNCC(=O)N(C)c1cc([N+](=O)[O-])c(OC)cc1C. The number of hydrogen-bond donors (Lipinski definition) is 1. The van der Waals surface area contributed by atoms with Crippen molar-refractivity contribution in [1.29, 1.82) is 0 Å². The molecule has 0 radical (unpaired) electrons. The van der Waals surface area contributed by atoms with Crippen LogP contribution in [0.25, 0.3) is 0 Å². The molecule has 1 rings (SSSR count). The number of rotatable bonds is 5. The average molecular weight is 267 g/mol. The van der Waals surface area contributed by atoms with E-state index in [9.17, 15) is 14.9 Å². The Hall–Kier alpha value is -2.15. The molecule has 0 saturated heterocycles. The fourth-order valence-corrected chi connectivity index (χ4v) is 1.73. The standard InChI is InChI=1S/C12H17N3O4/c1-8-5-11(19-4)10(15(17)18)6-9(8)14(3)12(16)7-13-2/h5-6,13H,7H2,1-4H3. The second-order valence-electron chi connectivity index (χ2n) is 4.05. The lowest BCUT2D eigenvalue weighted by atomic mass is 10.1. The van der Waals surface area contributed by atoms with E-state index in [2.05, 4.69) is 5.32 Å². The van der Waals surface area contributed by atoms with Crippen LogP contribution in [-0.4, -0.2) is 38.6 Å². The Kier molecular flexibility index (Phi) is 4.82. The molecule has 7 heteroatoms. The Morgan fingerprint density at radius 1 is 1.53 bits per heavy atom. The number of nitro groups is 1. The Labute approximate surface area is 111 Å². The number of ether oxygens (including phenoxy) is 1. The molecular formula is C12H17N3O4. The first-order chi connectivity index (χ1) is 8.92. The van der Waals surface area contributed by atoms with E-state index in [0.717, 1.165) is 5.56 Å². The van der Waals surface area contributed by atoms with E-state index in [-0.39, 0.29) is 23.9 Å². The first-order valence-electron chi connectivity index (χ1n) is 5.66. The molecule has 1 aromatic rings. The number of benzene rings is 1. The van der Waals surface area contributed by atoms with E-state index in [1.807, 2.05) is 0 Å². The number of nitro benzene ring substituents is 1. The number of anilines is 1. The molecule has 1 N–H and O–H groups in total. The van der Waals surface area contributed by atoms with Gasteiger partial charge in [0.15, 0.2) is 5.75 Å². The summed E-state index contributed by atoms with van der Waals surface area (Å²) >= 11 is 0. The van der Waals surface area contributed by atoms with Crippen molar-refractivity contribution in [1.82, 2.24) is 5.32 Å². The fraction of sp³-hybridized carbons (Fsp3) is 0.417. The summed E-state index contributed by atoms with van der Waals surface area (Å²) in [6.07, 6.45) is 0. The topological polar surface area (TPSA) is 84.7 Å². The van der Waals surface area contributed by atoms with Gasteiger partial charge in [0.2, 0.25) is 5.91 Å². The van der Waals surface area contributed by atoms with Gasteiger partial charge in [-0.05, 0) is 25.6 Å². The third-order valence-corrected chi connectivity index (χ3v) is 2.76. The molecule has 0 unspecified atom stereocenters. The molecule has 0 heterocycles. The van der Waals surface area contributed by atoms with Crippen molar-refractivity contribution in [3.05, 3.63) is 27.8 Å². The highest BCUT2D eigenvalue weighted by atomic mass is 16.6. The van der Waals surface area contributed by atoms with Crippen molar-refractivity contribution in [2.24, 2.45) is 0 Å². The van der Waals surface area contributed by atoms with E-state index in [1.165, 1.54) is 18.1 Å². The number of carbonyl (C=O) groups excluding carboxylic acids is 1. The predicted octanol–water partition coefficient (Wildman–Crippen LogP) is 1.09. The lowest BCUT2D eigenvalue weighted by Gasteiger charge is -2.20. The highest BCUT2D eigenvalue weighted by molar-refractivity contribution is 5.95. The minimum Gasteiger partial charge on any atom is -0.490 e. The number of hydrogen-bond acceptors (Lipinski definition) is 5. The van der Waals surface area contributed by atoms with Crippen LogP contribution in [0.1, 0.15) is 5.56 Å². The second kappa shape index (κ2) is 6.14. The number of nitrogens with zero attached hydrogens (tertiary/aromatic N) is 2. The normalized spacial score (nSPS) is 10.1. The maximum absolute atomic E-state index is 11.8. The van der Waals surface area contributed by atoms with Gasteiger partial charge in [0.05, 0.1) is 24.3 Å². The molecule has 0 spiro atoms. The average Bonchev–Trinajstić information content (AvgIpc) is 2.37. The monoisotopic (exact) mass is 267 g/mol.